The fourth-order valence-electron chi connectivity index (χ4n) is 1.21. The molecule has 1 atom stereocenters. The average Bonchev–Trinajstić information content (AvgIpc) is 2.10. The SMILES string of the molecule is [CH2]CCCC(CC[CH2])CN=C=O. The monoisotopic (exact) mass is 167 g/mol. The van der Waals surface area contributed by atoms with Gasteiger partial charge >= 0.3 is 0 Å². The molecular weight excluding hydrogens is 150 g/mol. The van der Waals surface area contributed by atoms with Crippen molar-refractivity contribution in [3.63, 3.8) is 0 Å². The maximum Gasteiger partial charge on any atom is 0.234 e. The van der Waals surface area contributed by atoms with Gasteiger partial charge in [-0.25, -0.2) is 9.79 Å². The first kappa shape index (κ1) is 11.4. The number of hydrogen-bond donors (Lipinski definition) is 0. The molecule has 0 saturated heterocycles. The van der Waals surface area contributed by atoms with E-state index in [0.717, 1.165) is 32.1 Å². The van der Waals surface area contributed by atoms with Crippen molar-refractivity contribution < 1.29 is 4.79 Å². The second kappa shape index (κ2) is 8.48. The third-order valence-electron chi connectivity index (χ3n) is 1.89. The minimum atomic E-state index is 0.505. The van der Waals surface area contributed by atoms with Crippen LogP contribution in [0.25, 0.3) is 0 Å². The topological polar surface area (TPSA) is 29.4 Å². The van der Waals surface area contributed by atoms with Crippen LogP contribution in [0.3, 0.4) is 0 Å². The molecule has 2 radical (unpaired) electrons. The highest BCUT2D eigenvalue weighted by Crippen LogP contribution is 2.14. The van der Waals surface area contributed by atoms with E-state index in [4.69, 9.17) is 0 Å². The quantitative estimate of drug-likeness (QED) is 0.423. The second-order valence-corrected chi connectivity index (χ2v) is 2.94. The molecule has 12 heavy (non-hydrogen) atoms. The zero-order valence-electron chi connectivity index (χ0n) is 7.59. The molecule has 2 nitrogen and oxygen atoms in total. The summed E-state index contributed by atoms with van der Waals surface area (Å²) in [5.41, 5.74) is 0. The van der Waals surface area contributed by atoms with Gasteiger partial charge in [-0.2, -0.15) is 0 Å². The number of hydrogen-bond acceptors (Lipinski definition) is 2. The molecular formula is C10H17NO. The molecule has 0 spiro atoms. The van der Waals surface area contributed by atoms with Gasteiger partial charge in [-0.3, -0.25) is 0 Å². The van der Waals surface area contributed by atoms with Gasteiger partial charge in [0.25, 0.3) is 0 Å². The third kappa shape index (κ3) is 6.11. The Labute approximate surface area is 75.1 Å². The summed E-state index contributed by atoms with van der Waals surface area (Å²) >= 11 is 0. The molecule has 0 aliphatic heterocycles. The molecule has 0 saturated carbocycles. The van der Waals surface area contributed by atoms with Gasteiger partial charge in [-0.1, -0.05) is 33.1 Å². The maximum atomic E-state index is 9.87. The van der Waals surface area contributed by atoms with Gasteiger partial charge in [0, 0.05) is 0 Å². The van der Waals surface area contributed by atoms with Crippen LogP contribution >= 0.6 is 0 Å². The first-order chi connectivity index (χ1) is 5.85. The van der Waals surface area contributed by atoms with E-state index in [0.29, 0.717) is 12.5 Å². The van der Waals surface area contributed by atoms with Gasteiger partial charge in [0.2, 0.25) is 6.08 Å². The predicted octanol–water partition coefficient (Wildman–Crippen LogP) is 2.56. The van der Waals surface area contributed by atoms with Gasteiger partial charge in [0.1, 0.15) is 0 Å². The van der Waals surface area contributed by atoms with E-state index in [1.165, 1.54) is 0 Å². The van der Waals surface area contributed by atoms with E-state index < -0.39 is 0 Å². The minimum absolute atomic E-state index is 0.505. The summed E-state index contributed by atoms with van der Waals surface area (Å²) < 4.78 is 0. The summed E-state index contributed by atoms with van der Waals surface area (Å²) in [5, 5.41) is 0. The van der Waals surface area contributed by atoms with Crippen LogP contribution in [0.4, 0.5) is 0 Å². The molecule has 0 rings (SSSR count). The normalized spacial score (nSPS) is 12.2. The van der Waals surface area contributed by atoms with Crippen molar-refractivity contribution in [3.8, 4) is 0 Å². The average molecular weight is 167 g/mol. The van der Waals surface area contributed by atoms with Crippen LogP contribution in [-0.4, -0.2) is 12.6 Å². The lowest BCUT2D eigenvalue weighted by molar-refractivity contribution is 0.449. The Kier molecular flexibility index (Phi) is 8.04. The molecule has 2 heteroatoms. The van der Waals surface area contributed by atoms with Crippen molar-refractivity contribution >= 4 is 6.08 Å². The first-order valence-corrected chi connectivity index (χ1v) is 4.47. The van der Waals surface area contributed by atoms with Crippen LogP contribution in [0, 0.1) is 19.8 Å². The lowest BCUT2D eigenvalue weighted by Gasteiger charge is -2.11. The van der Waals surface area contributed by atoms with Crippen LogP contribution in [0.15, 0.2) is 4.99 Å². The van der Waals surface area contributed by atoms with Gasteiger partial charge in [-0.15, -0.1) is 0 Å². The zero-order chi connectivity index (χ0) is 9.23. The Morgan fingerprint density at radius 3 is 2.50 bits per heavy atom. The van der Waals surface area contributed by atoms with E-state index in [-0.39, 0.29) is 0 Å². The molecule has 0 aliphatic rings. The Bertz CT molecular complexity index is 139. The van der Waals surface area contributed by atoms with Crippen LogP contribution in [-0.2, 0) is 4.79 Å². The number of carbonyl (C=O) groups excluding carboxylic acids is 1. The predicted molar refractivity (Wildman–Crippen MR) is 50.3 cm³/mol. The third-order valence-corrected chi connectivity index (χ3v) is 1.89. The van der Waals surface area contributed by atoms with Crippen LogP contribution < -0.4 is 0 Å². The molecule has 68 valence electrons. The Morgan fingerprint density at radius 1 is 1.25 bits per heavy atom. The molecule has 0 amide bonds. The fraction of sp³-hybridized carbons (Fsp3) is 0.700. The second-order valence-electron chi connectivity index (χ2n) is 2.94. The highest BCUT2D eigenvalue weighted by Gasteiger charge is 2.05. The highest BCUT2D eigenvalue weighted by molar-refractivity contribution is 5.32. The maximum absolute atomic E-state index is 9.87. The van der Waals surface area contributed by atoms with Gasteiger partial charge in [0.05, 0.1) is 6.54 Å². The van der Waals surface area contributed by atoms with E-state index in [1.807, 2.05) is 0 Å². The molecule has 0 bridgehead atoms. The number of isocyanates is 1. The van der Waals surface area contributed by atoms with Crippen molar-refractivity contribution in [1.82, 2.24) is 0 Å². The van der Waals surface area contributed by atoms with Gasteiger partial charge in [-0.05, 0) is 18.8 Å². The number of aliphatic imine (C=N–C) groups is 1. The summed E-state index contributed by atoms with van der Waals surface area (Å²) in [4.78, 5) is 13.5. The van der Waals surface area contributed by atoms with E-state index in [2.05, 4.69) is 18.8 Å². The number of nitrogens with zero attached hydrogens (tertiary/aromatic N) is 1. The van der Waals surface area contributed by atoms with E-state index in [9.17, 15) is 4.79 Å². The highest BCUT2D eigenvalue weighted by atomic mass is 16.1. The van der Waals surface area contributed by atoms with Crippen molar-refractivity contribution in [2.24, 2.45) is 10.9 Å². The van der Waals surface area contributed by atoms with Crippen molar-refractivity contribution in [2.75, 3.05) is 6.54 Å². The molecule has 1 unspecified atom stereocenters. The molecule has 0 aliphatic carbocycles. The van der Waals surface area contributed by atoms with Crippen LogP contribution in [0.1, 0.15) is 32.1 Å². The Hall–Kier alpha value is -0.620. The lowest BCUT2D eigenvalue weighted by atomic mass is 9.97. The molecule has 0 aromatic rings. The summed E-state index contributed by atoms with van der Waals surface area (Å²) in [6, 6.07) is 0. The van der Waals surface area contributed by atoms with Crippen LogP contribution in [0.5, 0.6) is 0 Å². The summed E-state index contributed by atoms with van der Waals surface area (Å²) in [5.74, 6) is 0.505. The Balaban J connectivity index is 3.60. The van der Waals surface area contributed by atoms with Crippen molar-refractivity contribution in [2.45, 2.75) is 32.1 Å². The molecule has 0 N–H and O–H groups in total. The molecule has 0 fully saturated rings. The standard InChI is InChI=1S/C10H17NO/c1-3-5-7-10(6-4-2)8-11-9-12/h10H,1-8H2. The van der Waals surface area contributed by atoms with E-state index in [1.54, 1.807) is 6.08 Å². The fourth-order valence-corrected chi connectivity index (χ4v) is 1.21. The molecule has 0 aromatic heterocycles. The lowest BCUT2D eigenvalue weighted by Crippen LogP contribution is -2.04. The van der Waals surface area contributed by atoms with E-state index >= 15 is 0 Å². The molecule has 0 heterocycles. The van der Waals surface area contributed by atoms with Crippen LogP contribution in [0.2, 0.25) is 0 Å². The summed E-state index contributed by atoms with van der Waals surface area (Å²) in [6.07, 6.45) is 6.70. The van der Waals surface area contributed by atoms with Gasteiger partial charge < -0.3 is 0 Å². The zero-order valence-corrected chi connectivity index (χ0v) is 7.59. The number of rotatable bonds is 7. The largest absolute Gasteiger partial charge is 0.234 e. The smallest absolute Gasteiger partial charge is 0.211 e. The van der Waals surface area contributed by atoms with Crippen molar-refractivity contribution in [1.29, 1.82) is 0 Å². The van der Waals surface area contributed by atoms with Crippen molar-refractivity contribution in [3.05, 3.63) is 13.8 Å². The van der Waals surface area contributed by atoms with Gasteiger partial charge in [0.15, 0.2) is 0 Å². The summed E-state index contributed by atoms with van der Waals surface area (Å²) in [6.45, 7) is 8.17. The first-order valence-electron chi connectivity index (χ1n) is 4.47. The Morgan fingerprint density at radius 2 is 2.00 bits per heavy atom. The molecule has 0 aromatic carbocycles. The number of unbranched alkanes of at least 4 members (excludes halogenated alkanes) is 1. The minimum Gasteiger partial charge on any atom is -0.211 e. The summed E-state index contributed by atoms with van der Waals surface area (Å²) in [7, 11) is 0.